The van der Waals surface area contributed by atoms with E-state index in [1.54, 1.807) is 54.6 Å². The summed E-state index contributed by atoms with van der Waals surface area (Å²) in [5.41, 5.74) is 5.57. The fourth-order valence-electron chi connectivity index (χ4n) is 2.06. The van der Waals surface area contributed by atoms with Gasteiger partial charge >= 0.3 is 0 Å². The smallest absolute Gasteiger partial charge is 0.269 e. The lowest BCUT2D eigenvalue weighted by atomic mass is 10.2. The summed E-state index contributed by atoms with van der Waals surface area (Å²) in [5.74, 6) is 0.397. The molecule has 0 saturated heterocycles. The van der Waals surface area contributed by atoms with E-state index in [0.717, 1.165) is 6.42 Å². The van der Waals surface area contributed by atoms with Crippen molar-refractivity contribution in [1.82, 2.24) is 10.9 Å². The predicted molar refractivity (Wildman–Crippen MR) is 99.3 cm³/mol. The van der Waals surface area contributed by atoms with E-state index in [1.165, 1.54) is 0 Å². The zero-order valence-corrected chi connectivity index (χ0v) is 14.7. The minimum absolute atomic E-state index is 0.392. The fraction of sp³-hybridized carbons (Fsp3) is 0.200. The second-order valence-electron chi connectivity index (χ2n) is 5.41. The lowest BCUT2D eigenvalue weighted by Crippen LogP contribution is -2.41. The van der Waals surface area contributed by atoms with Gasteiger partial charge in [-0.15, -0.1) is 0 Å². The average molecular weight is 354 g/mol. The number of nitrogens with one attached hydrogen (secondary N) is 2. The van der Waals surface area contributed by atoms with Gasteiger partial charge in [0, 0.05) is 11.1 Å². The van der Waals surface area contributed by atoms with Gasteiger partial charge in [0.15, 0.2) is 0 Å². The quantitative estimate of drug-likeness (QED) is 0.564. The van der Waals surface area contributed by atoms with Crippen LogP contribution in [0.2, 0.25) is 0 Å². The van der Waals surface area contributed by atoms with Gasteiger partial charge in [0.2, 0.25) is 0 Å². The predicted octanol–water partition coefficient (Wildman–Crippen LogP) is 3.12. The molecule has 0 fully saturated rings. The third-order valence-corrected chi connectivity index (χ3v) is 3.34. The molecule has 0 bridgehead atoms. The van der Waals surface area contributed by atoms with Crippen LogP contribution in [-0.4, -0.2) is 25.0 Å². The maximum atomic E-state index is 12.2. The van der Waals surface area contributed by atoms with Crippen molar-refractivity contribution in [2.45, 2.75) is 13.3 Å². The molecule has 2 aromatic carbocycles. The first kappa shape index (κ1) is 19.1. The van der Waals surface area contributed by atoms with E-state index < -0.39 is 11.8 Å². The van der Waals surface area contributed by atoms with Crippen molar-refractivity contribution in [3.05, 3.63) is 72.3 Å². The standard InChI is InChI=1S/C20H22N2O4/c1-3-12-25-17-10-8-15(9-11-17)19(23)21-22-20(24)16-6-5-7-18(14-16)26-13-4-2/h3,5-11,14H,1,4,12-13H2,2H3,(H,21,23)(H,22,24). The molecule has 0 heterocycles. The molecule has 6 nitrogen and oxygen atoms in total. The molecule has 0 aliphatic rings. The Morgan fingerprint density at radius 3 is 2.31 bits per heavy atom. The SMILES string of the molecule is C=CCOc1ccc(C(=O)NNC(=O)c2cccc(OCCC)c2)cc1. The summed E-state index contributed by atoms with van der Waals surface area (Å²) in [6, 6.07) is 13.3. The van der Waals surface area contributed by atoms with E-state index in [-0.39, 0.29) is 0 Å². The van der Waals surface area contributed by atoms with Crippen LogP contribution in [0.15, 0.2) is 61.2 Å². The Bertz CT molecular complexity index is 757. The van der Waals surface area contributed by atoms with Crippen molar-refractivity contribution >= 4 is 11.8 Å². The summed E-state index contributed by atoms with van der Waals surface area (Å²) in [5, 5.41) is 0. The Morgan fingerprint density at radius 1 is 0.962 bits per heavy atom. The fourth-order valence-corrected chi connectivity index (χ4v) is 2.06. The van der Waals surface area contributed by atoms with Crippen molar-refractivity contribution in [2.75, 3.05) is 13.2 Å². The topological polar surface area (TPSA) is 76.7 Å². The number of hydrazine groups is 1. The number of amides is 2. The molecule has 0 spiro atoms. The number of hydrogen-bond donors (Lipinski definition) is 2. The monoisotopic (exact) mass is 354 g/mol. The van der Waals surface area contributed by atoms with E-state index in [1.807, 2.05) is 6.92 Å². The minimum atomic E-state index is -0.425. The maximum absolute atomic E-state index is 12.2. The number of carbonyl (C=O) groups is 2. The van der Waals surface area contributed by atoms with Gasteiger partial charge in [0.05, 0.1) is 6.61 Å². The molecule has 2 aromatic rings. The molecule has 0 atom stereocenters. The molecule has 2 amide bonds. The molecule has 0 radical (unpaired) electrons. The average Bonchev–Trinajstić information content (AvgIpc) is 2.69. The number of ether oxygens (including phenoxy) is 2. The van der Waals surface area contributed by atoms with Crippen LogP contribution in [0.3, 0.4) is 0 Å². The van der Waals surface area contributed by atoms with E-state index in [9.17, 15) is 9.59 Å². The van der Waals surface area contributed by atoms with Gasteiger partial charge in [-0.3, -0.25) is 20.4 Å². The van der Waals surface area contributed by atoms with Gasteiger partial charge in [0.1, 0.15) is 18.1 Å². The Labute approximate surface area is 152 Å². The van der Waals surface area contributed by atoms with E-state index in [4.69, 9.17) is 9.47 Å². The number of rotatable bonds is 8. The molecule has 136 valence electrons. The third-order valence-electron chi connectivity index (χ3n) is 3.34. The summed E-state index contributed by atoms with van der Waals surface area (Å²) in [6.07, 6.45) is 2.52. The van der Waals surface area contributed by atoms with Crippen LogP contribution in [0, 0.1) is 0 Å². The molecule has 0 aromatic heterocycles. The highest BCUT2D eigenvalue weighted by Gasteiger charge is 2.10. The Kier molecular flexibility index (Phi) is 7.24. The molecule has 0 aliphatic heterocycles. The van der Waals surface area contributed by atoms with Crippen molar-refractivity contribution in [3.8, 4) is 11.5 Å². The van der Waals surface area contributed by atoms with Gasteiger partial charge in [-0.25, -0.2) is 0 Å². The second-order valence-corrected chi connectivity index (χ2v) is 5.41. The van der Waals surface area contributed by atoms with Crippen LogP contribution in [-0.2, 0) is 0 Å². The molecular formula is C20H22N2O4. The molecular weight excluding hydrogens is 332 g/mol. The number of benzene rings is 2. The number of carbonyl (C=O) groups excluding carboxylic acids is 2. The van der Waals surface area contributed by atoms with Crippen molar-refractivity contribution in [1.29, 1.82) is 0 Å². The normalized spacial score (nSPS) is 9.88. The molecule has 26 heavy (non-hydrogen) atoms. The van der Waals surface area contributed by atoms with E-state index in [0.29, 0.717) is 35.8 Å². The molecule has 0 saturated carbocycles. The summed E-state index contributed by atoms with van der Waals surface area (Å²) in [4.78, 5) is 24.3. The van der Waals surface area contributed by atoms with Crippen LogP contribution in [0.4, 0.5) is 0 Å². The highest BCUT2D eigenvalue weighted by Crippen LogP contribution is 2.14. The van der Waals surface area contributed by atoms with E-state index >= 15 is 0 Å². The molecule has 0 unspecified atom stereocenters. The molecule has 2 N–H and O–H groups in total. The maximum Gasteiger partial charge on any atom is 0.269 e. The van der Waals surface area contributed by atoms with Crippen LogP contribution in [0.25, 0.3) is 0 Å². The third kappa shape index (κ3) is 5.66. The van der Waals surface area contributed by atoms with Crippen molar-refractivity contribution < 1.29 is 19.1 Å². The van der Waals surface area contributed by atoms with Crippen LogP contribution in [0.1, 0.15) is 34.1 Å². The van der Waals surface area contributed by atoms with Gasteiger partial charge in [0.25, 0.3) is 11.8 Å². The van der Waals surface area contributed by atoms with Gasteiger partial charge in [-0.1, -0.05) is 25.6 Å². The zero-order chi connectivity index (χ0) is 18.8. The van der Waals surface area contributed by atoms with Crippen molar-refractivity contribution in [3.63, 3.8) is 0 Å². The first-order valence-corrected chi connectivity index (χ1v) is 8.31. The van der Waals surface area contributed by atoms with Crippen molar-refractivity contribution in [2.24, 2.45) is 0 Å². The highest BCUT2D eigenvalue weighted by atomic mass is 16.5. The second kappa shape index (κ2) is 9.88. The molecule has 2 rings (SSSR count). The zero-order valence-electron chi connectivity index (χ0n) is 14.7. The Balaban J connectivity index is 1.90. The lowest BCUT2D eigenvalue weighted by molar-refractivity contribution is 0.0846. The van der Waals surface area contributed by atoms with Gasteiger partial charge in [-0.05, 0) is 48.9 Å². The first-order valence-electron chi connectivity index (χ1n) is 8.31. The minimum Gasteiger partial charge on any atom is -0.494 e. The Morgan fingerprint density at radius 2 is 1.65 bits per heavy atom. The van der Waals surface area contributed by atoms with Gasteiger partial charge in [-0.2, -0.15) is 0 Å². The molecule has 6 heteroatoms. The summed E-state index contributed by atoms with van der Waals surface area (Å²) >= 11 is 0. The summed E-state index contributed by atoms with van der Waals surface area (Å²) in [7, 11) is 0. The molecule has 0 aliphatic carbocycles. The lowest BCUT2D eigenvalue weighted by Gasteiger charge is -2.10. The van der Waals surface area contributed by atoms with Crippen LogP contribution >= 0.6 is 0 Å². The number of hydrogen-bond acceptors (Lipinski definition) is 4. The first-order chi connectivity index (χ1) is 12.6. The summed E-state index contributed by atoms with van der Waals surface area (Å²) < 4.78 is 10.8. The van der Waals surface area contributed by atoms with Gasteiger partial charge < -0.3 is 9.47 Å². The van der Waals surface area contributed by atoms with Crippen LogP contribution < -0.4 is 20.3 Å². The van der Waals surface area contributed by atoms with Crippen LogP contribution in [0.5, 0.6) is 11.5 Å². The Hall–Kier alpha value is -3.28. The largest absolute Gasteiger partial charge is 0.494 e. The summed E-state index contributed by atoms with van der Waals surface area (Å²) in [6.45, 7) is 6.54. The highest BCUT2D eigenvalue weighted by molar-refractivity contribution is 5.99. The van der Waals surface area contributed by atoms with E-state index in [2.05, 4.69) is 17.4 Å².